The van der Waals surface area contributed by atoms with Gasteiger partial charge in [-0.05, 0) is 50.4 Å². The molecule has 0 saturated carbocycles. The summed E-state index contributed by atoms with van der Waals surface area (Å²) in [5.41, 5.74) is 1.64. The maximum absolute atomic E-state index is 13.5. The van der Waals surface area contributed by atoms with Crippen LogP contribution in [-0.2, 0) is 0 Å². The van der Waals surface area contributed by atoms with E-state index in [0.29, 0.717) is 17.6 Å². The summed E-state index contributed by atoms with van der Waals surface area (Å²) in [7, 11) is 0. The van der Waals surface area contributed by atoms with Gasteiger partial charge in [0.05, 0.1) is 0 Å². The van der Waals surface area contributed by atoms with E-state index in [1.807, 2.05) is 12.1 Å². The average molecular weight is 234 g/mol. The molecule has 0 radical (unpaired) electrons. The normalized spacial score (nSPS) is 28.4. The molecular formula is C14H19FN2. The monoisotopic (exact) mass is 234 g/mol. The fraction of sp³-hybridized carbons (Fsp3) is 0.571. The van der Waals surface area contributed by atoms with Crippen LogP contribution in [0, 0.1) is 12.7 Å². The van der Waals surface area contributed by atoms with Crippen LogP contribution >= 0.6 is 0 Å². The van der Waals surface area contributed by atoms with Crippen LogP contribution in [0.2, 0.25) is 0 Å². The molecule has 92 valence electrons. The van der Waals surface area contributed by atoms with Crippen LogP contribution in [0.3, 0.4) is 0 Å². The molecule has 0 spiro atoms. The van der Waals surface area contributed by atoms with E-state index in [9.17, 15) is 4.39 Å². The summed E-state index contributed by atoms with van der Waals surface area (Å²) in [6, 6.07) is 6.61. The predicted octanol–water partition coefficient (Wildman–Crippen LogP) is 2.78. The highest BCUT2D eigenvalue weighted by Crippen LogP contribution is 2.30. The van der Waals surface area contributed by atoms with Crippen molar-refractivity contribution in [1.29, 1.82) is 0 Å². The first-order valence-corrected chi connectivity index (χ1v) is 6.51. The molecular weight excluding hydrogens is 215 g/mol. The van der Waals surface area contributed by atoms with Gasteiger partial charge in [-0.1, -0.05) is 6.07 Å². The van der Waals surface area contributed by atoms with Crippen molar-refractivity contribution >= 4 is 5.69 Å². The number of nitrogens with one attached hydrogen (secondary N) is 1. The Hall–Kier alpha value is -1.09. The zero-order chi connectivity index (χ0) is 11.8. The van der Waals surface area contributed by atoms with Gasteiger partial charge in [0, 0.05) is 24.3 Å². The van der Waals surface area contributed by atoms with E-state index in [2.05, 4.69) is 10.2 Å². The summed E-state index contributed by atoms with van der Waals surface area (Å²) in [5.74, 6) is -0.115. The van der Waals surface area contributed by atoms with Crippen molar-refractivity contribution in [2.45, 2.75) is 38.3 Å². The fourth-order valence-corrected chi connectivity index (χ4v) is 3.15. The van der Waals surface area contributed by atoms with Crippen molar-refractivity contribution in [3.63, 3.8) is 0 Å². The minimum Gasteiger partial charge on any atom is -0.381 e. The lowest BCUT2D eigenvalue weighted by Gasteiger charge is -2.22. The molecule has 17 heavy (non-hydrogen) atoms. The molecule has 2 atom stereocenters. The Kier molecular flexibility index (Phi) is 2.79. The van der Waals surface area contributed by atoms with Gasteiger partial charge in [-0.3, -0.25) is 4.90 Å². The molecule has 2 saturated heterocycles. The maximum Gasteiger partial charge on any atom is 0.128 e. The van der Waals surface area contributed by atoms with Gasteiger partial charge in [0.25, 0.3) is 0 Å². The molecule has 0 aliphatic carbocycles. The molecule has 1 aromatic rings. The Labute approximate surface area is 102 Å². The van der Waals surface area contributed by atoms with Gasteiger partial charge in [0.1, 0.15) is 5.82 Å². The third kappa shape index (κ3) is 2.04. The highest BCUT2D eigenvalue weighted by atomic mass is 19.1. The summed E-state index contributed by atoms with van der Waals surface area (Å²) < 4.78 is 13.5. The molecule has 2 aliphatic rings. The van der Waals surface area contributed by atoms with Crippen LogP contribution in [0.5, 0.6) is 0 Å². The molecule has 2 fully saturated rings. The first kappa shape index (κ1) is 11.0. The first-order valence-electron chi connectivity index (χ1n) is 6.51. The quantitative estimate of drug-likeness (QED) is 0.846. The van der Waals surface area contributed by atoms with Gasteiger partial charge in [0.2, 0.25) is 0 Å². The second-order valence-electron chi connectivity index (χ2n) is 5.25. The van der Waals surface area contributed by atoms with Gasteiger partial charge >= 0.3 is 0 Å². The van der Waals surface area contributed by atoms with E-state index < -0.39 is 0 Å². The number of nitrogens with zero attached hydrogens (tertiary/aromatic N) is 1. The highest BCUT2D eigenvalue weighted by Gasteiger charge is 2.36. The number of anilines is 1. The minimum absolute atomic E-state index is 0.115. The first-order chi connectivity index (χ1) is 8.24. The van der Waals surface area contributed by atoms with Crippen molar-refractivity contribution in [3.8, 4) is 0 Å². The van der Waals surface area contributed by atoms with Crippen LogP contribution in [0.4, 0.5) is 10.1 Å². The number of hydrogen-bond donors (Lipinski definition) is 1. The van der Waals surface area contributed by atoms with Gasteiger partial charge < -0.3 is 5.32 Å². The van der Waals surface area contributed by atoms with Crippen molar-refractivity contribution in [3.05, 3.63) is 29.6 Å². The van der Waals surface area contributed by atoms with E-state index in [0.717, 1.165) is 5.69 Å². The lowest BCUT2D eigenvalue weighted by atomic mass is 10.1. The van der Waals surface area contributed by atoms with E-state index in [-0.39, 0.29) is 5.82 Å². The van der Waals surface area contributed by atoms with Gasteiger partial charge in [-0.25, -0.2) is 4.39 Å². The molecule has 0 bridgehead atoms. The third-order valence-corrected chi connectivity index (χ3v) is 4.13. The maximum atomic E-state index is 13.5. The van der Waals surface area contributed by atoms with Crippen LogP contribution < -0.4 is 5.32 Å². The van der Waals surface area contributed by atoms with Crippen LogP contribution in [0.25, 0.3) is 0 Å². The SMILES string of the molecule is Cc1ccc(NC2CCN3CCCC23)cc1F. The number of halogens is 1. The van der Waals surface area contributed by atoms with E-state index in [4.69, 9.17) is 0 Å². The lowest BCUT2D eigenvalue weighted by molar-refractivity contribution is 0.318. The molecule has 2 aliphatic heterocycles. The molecule has 0 amide bonds. The molecule has 2 unspecified atom stereocenters. The molecule has 2 nitrogen and oxygen atoms in total. The smallest absolute Gasteiger partial charge is 0.128 e. The Bertz CT molecular complexity index is 419. The average Bonchev–Trinajstić information content (AvgIpc) is 2.88. The molecule has 1 N–H and O–H groups in total. The second-order valence-corrected chi connectivity index (χ2v) is 5.25. The zero-order valence-electron chi connectivity index (χ0n) is 10.2. The van der Waals surface area contributed by atoms with Crippen LogP contribution in [0.1, 0.15) is 24.8 Å². The lowest BCUT2D eigenvalue weighted by Crippen LogP contribution is -2.33. The van der Waals surface area contributed by atoms with Gasteiger partial charge in [-0.2, -0.15) is 0 Å². The van der Waals surface area contributed by atoms with Crippen molar-refractivity contribution in [2.75, 3.05) is 18.4 Å². The Morgan fingerprint density at radius 2 is 2.18 bits per heavy atom. The molecule has 3 rings (SSSR count). The van der Waals surface area contributed by atoms with Crippen LogP contribution in [-0.4, -0.2) is 30.1 Å². The Morgan fingerprint density at radius 3 is 3.00 bits per heavy atom. The molecule has 3 heteroatoms. The minimum atomic E-state index is -0.115. The second kappa shape index (κ2) is 4.30. The Balaban J connectivity index is 1.72. The number of rotatable bonds is 2. The van der Waals surface area contributed by atoms with Crippen molar-refractivity contribution < 1.29 is 4.39 Å². The number of aryl methyl sites for hydroxylation is 1. The third-order valence-electron chi connectivity index (χ3n) is 4.13. The summed E-state index contributed by atoms with van der Waals surface area (Å²) in [6.07, 6.45) is 3.78. The highest BCUT2D eigenvalue weighted by molar-refractivity contribution is 5.46. The zero-order valence-corrected chi connectivity index (χ0v) is 10.2. The summed E-state index contributed by atoms with van der Waals surface area (Å²) in [5, 5.41) is 3.50. The van der Waals surface area contributed by atoms with Gasteiger partial charge in [-0.15, -0.1) is 0 Å². The van der Waals surface area contributed by atoms with E-state index in [1.165, 1.54) is 32.4 Å². The number of benzene rings is 1. The summed E-state index contributed by atoms with van der Waals surface area (Å²) in [6.45, 7) is 4.23. The topological polar surface area (TPSA) is 15.3 Å². The largest absolute Gasteiger partial charge is 0.381 e. The van der Waals surface area contributed by atoms with Crippen LogP contribution in [0.15, 0.2) is 18.2 Å². The number of hydrogen-bond acceptors (Lipinski definition) is 2. The molecule has 1 aromatic carbocycles. The summed E-state index contributed by atoms with van der Waals surface area (Å²) in [4.78, 5) is 2.56. The van der Waals surface area contributed by atoms with E-state index in [1.54, 1.807) is 13.0 Å². The van der Waals surface area contributed by atoms with Crippen molar-refractivity contribution in [1.82, 2.24) is 4.90 Å². The summed E-state index contributed by atoms with van der Waals surface area (Å²) >= 11 is 0. The number of fused-ring (bicyclic) bond motifs is 1. The van der Waals surface area contributed by atoms with E-state index >= 15 is 0 Å². The molecule has 0 aromatic heterocycles. The fourth-order valence-electron chi connectivity index (χ4n) is 3.15. The molecule has 2 heterocycles. The van der Waals surface area contributed by atoms with Crippen molar-refractivity contribution in [2.24, 2.45) is 0 Å². The standard InChI is InChI=1S/C14H19FN2/c1-10-4-5-11(9-12(10)15)16-13-6-8-17-7-2-3-14(13)17/h4-5,9,13-14,16H,2-3,6-8H2,1H3. The predicted molar refractivity (Wildman–Crippen MR) is 67.8 cm³/mol. The van der Waals surface area contributed by atoms with Gasteiger partial charge in [0.15, 0.2) is 0 Å². The Morgan fingerprint density at radius 1 is 1.29 bits per heavy atom.